The highest BCUT2D eigenvalue weighted by Crippen LogP contribution is 2.29. The fourth-order valence-corrected chi connectivity index (χ4v) is 4.95. The van der Waals surface area contributed by atoms with E-state index in [4.69, 9.17) is 38.0 Å². The molecule has 0 fully saturated rings. The third-order valence-corrected chi connectivity index (χ3v) is 7.42. The number of carbonyl (C=O) groups is 3. The smallest absolute Gasteiger partial charge is 0.306 e. The van der Waals surface area contributed by atoms with E-state index in [0.717, 1.165) is 5.56 Å². The molecule has 0 amide bonds. The molecule has 0 spiro atoms. The van der Waals surface area contributed by atoms with Crippen LogP contribution in [0.1, 0.15) is 51.7 Å². The predicted molar refractivity (Wildman–Crippen MR) is 174 cm³/mol. The minimum absolute atomic E-state index is 0.00564. The van der Waals surface area contributed by atoms with Crippen molar-refractivity contribution in [3.05, 3.63) is 84.5 Å². The van der Waals surface area contributed by atoms with Crippen molar-refractivity contribution in [2.45, 2.75) is 76.7 Å². The second-order valence-corrected chi connectivity index (χ2v) is 11.3. The van der Waals surface area contributed by atoms with Gasteiger partial charge >= 0.3 is 17.9 Å². The lowest BCUT2D eigenvalue weighted by atomic mass is 10.0. The summed E-state index contributed by atoms with van der Waals surface area (Å²) >= 11 is 0. The average molecular weight is 666 g/mol. The van der Waals surface area contributed by atoms with Gasteiger partial charge in [0.15, 0.2) is 0 Å². The van der Waals surface area contributed by atoms with Crippen molar-refractivity contribution in [3.8, 4) is 11.5 Å². The number of oxime groups is 1. The SMILES string of the molecule is COc1ccc(O[C@H]2C=C[C@@H](c3ccccc3)O[C@@H]2COC(=O)CCC(C)=NOCC[C@@H]2C=C[C@H](OC(C)=O)[C@@H](COC(C)=O)O2)cc1. The molecule has 6 atom stereocenters. The Morgan fingerprint density at radius 3 is 2.15 bits per heavy atom. The Balaban J connectivity index is 1.22. The lowest BCUT2D eigenvalue weighted by molar-refractivity contribution is -0.164. The molecule has 2 aliphatic rings. The highest BCUT2D eigenvalue weighted by molar-refractivity contribution is 5.85. The van der Waals surface area contributed by atoms with Gasteiger partial charge < -0.3 is 38.0 Å². The lowest BCUT2D eigenvalue weighted by Gasteiger charge is -2.32. The number of rotatable bonds is 16. The molecule has 0 saturated carbocycles. The minimum Gasteiger partial charge on any atom is -0.497 e. The summed E-state index contributed by atoms with van der Waals surface area (Å²) in [6.07, 6.45) is 5.32. The van der Waals surface area contributed by atoms with Crippen LogP contribution in [0.15, 0.2) is 84.1 Å². The number of hydrogen-bond acceptors (Lipinski definition) is 12. The zero-order chi connectivity index (χ0) is 34.3. The first-order chi connectivity index (χ1) is 23.2. The molecule has 0 radical (unpaired) electrons. The standard InChI is InChI=1S/C36H43NO11/c1-24(37-44-21-20-30-15-16-32(45-26(3)39)34(47-30)22-42-25(2)38)10-19-36(40)43-23-35-33(46-29-13-11-28(41-4)12-14-29)18-17-31(48-35)27-8-6-5-7-9-27/h5-9,11-18,30-35H,10,19-23H2,1-4H3/t30-,31-,32-,33-,34+,35+/m0/s1. The molecule has 2 aliphatic heterocycles. The highest BCUT2D eigenvalue weighted by atomic mass is 16.6. The van der Waals surface area contributed by atoms with Gasteiger partial charge in [0.1, 0.15) is 61.8 Å². The molecular weight excluding hydrogens is 622 g/mol. The van der Waals surface area contributed by atoms with E-state index in [1.807, 2.05) is 66.7 Å². The number of esters is 3. The second-order valence-electron chi connectivity index (χ2n) is 11.3. The Morgan fingerprint density at radius 2 is 1.44 bits per heavy atom. The molecule has 12 heteroatoms. The number of nitrogens with zero attached hydrogens (tertiary/aromatic N) is 1. The van der Waals surface area contributed by atoms with E-state index >= 15 is 0 Å². The molecule has 4 rings (SSSR count). The summed E-state index contributed by atoms with van der Waals surface area (Å²) in [4.78, 5) is 40.8. The Bertz CT molecular complexity index is 1420. The average Bonchev–Trinajstić information content (AvgIpc) is 3.09. The van der Waals surface area contributed by atoms with Gasteiger partial charge in [0.25, 0.3) is 0 Å². The van der Waals surface area contributed by atoms with Crippen molar-refractivity contribution < 1.29 is 52.4 Å². The van der Waals surface area contributed by atoms with Gasteiger partial charge in [-0.25, -0.2) is 0 Å². The van der Waals surface area contributed by atoms with Crippen LogP contribution in [0.5, 0.6) is 11.5 Å². The summed E-state index contributed by atoms with van der Waals surface area (Å²) in [6, 6.07) is 17.0. The van der Waals surface area contributed by atoms with Crippen molar-refractivity contribution in [2.75, 3.05) is 26.9 Å². The van der Waals surface area contributed by atoms with Gasteiger partial charge in [-0.05, 0) is 55.3 Å². The van der Waals surface area contributed by atoms with Crippen molar-refractivity contribution in [1.82, 2.24) is 0 Å². The van der Waals surface area contributed by atoms with Crippen molar-refractivity contribution in [3.63, 3.8) is 0 Å². The zero-order valence-corrected chi connectivity index (χ0v) is 27.7. The van der Waals surface area contributed by atoms with Gasteiger partial charge in [-0.3, -0.25) is 14.4 Å². The molecule has 258 valence electrons. The van der Waals surface area contributed by atoms with Gasteiger partial charge in [-0.15, -0.1) is 0 Å². The van der Waals surface area contributed by atoms with Gasteiger partial charge in [0, 0.05) is 20.3 Å². The summed E-state index contributed by atoms with van der Waals surface area (Å²) in [5.74, 6) is 0.0328. The fourth-order valence-electron chi connectivity index (χ4n) is 4.95. The summed E-state index contributed by atoms with van der Waals surface area (Å²) < 4.78 is 39.6. The van der Waals surface area contributed by atoms with Crippen molar-refractivity contribution >= 4 is 23.6 Å². The molecule has 0 saturated heterocycles. The topological polar surface area (TPSA) is 137 Å². The molecule has 48 heavy (non-hydrogen) atoms. The van der Waals surface area contributed by atoms with E-state index < -0.39 is 42.3 Å². The molecule has 0 aromatic heterocycles. The molecular formula is C36H43NO11. The van der Waals surface area contributed by atoms with Crippen molar-refractivity contribution in [2.24, 2.45) is 5.16 Å². The van der Waals surface area contributed by atoms with E-state index in [1.54, 1.807) is 26.2 Å². The van der Waals surface area contributed by atoms with E-state index in [2.05, 4.69) is 5.16 Å². The Hall–Kier alpha value is -4.68. The van der Waals surface area contributed by atoms with Crippen LogP contribution in [0.4, 0.5) is 0 Å². The van der Waals surface area contributed by atoms with Crippen LogP contribution in [-0.2, 0) is 42.9 Å². The third-order valence-electron chi connectivity index (χ3n) is 7.42. The van der Waals surface area contributed by atoms with E-state index in [-0.39, 0.29) is 38.4 Å². The second kappa shape index (κ2) is 18.6. The van der Waals surface area contributed by atoms with Crippen LogP contribution in [0, 0.1) is 0 Å². The van der Waals surface area contributed by atoms with E-state index in [9.17, 15) is 14.4 Å². The van der Waals surface area contributed by atoms with Crippen molar-refractivity contribution in [1.29, 1.82) is 0 Å². The van der Waals surface area contributed by atoms with E-state index in [0.29, 0.717) is 30.1 Å². The molecule has 0 aliphatic carbocycles. The molecule has 0 unspecified atom stereocenters. The maximum Gasteiger partial charge on any atom is 0.306 e. The minimum atomic E-state index is -0.655. The van der Waals surface area contributed by atoms with Crippen LogP contribution in [0.2, 0.25) is 0 Å². The van der Waals surface area contributed by atoms with Crippen LogP contribution >= 0.6 is 0 Å². The number of hydrogen-bond donors (Lipinski definition) is 0. The van der Waals surface area contributed by atoms with Crippen LogP contribution in [-0.4, -0.2) is 81.1 Å². The number of carbonyl (C=O) groups excluding carboxylic acids is 3. The predicted octanol–water partition coefficient (Wildman–Crippen LogP) is 5.06. The lowest BCUT2D eigenvalue weighted by Crippen LogP contribution is -2.41. The maximum absolute atomic E-state index is 12.7. The summed E-state index contributed by atoms with van der Waals surface area (Å²) in [7, 11) is 1.60. The first kappa shape index (κ1) is 36.2. The molecule has 12 nitrogen and oxygen atoms in total. The highest BCUT2D eigenvalue weighted by Gasteiger charge is 2.32. The van der Waals surface area contributed by atoms with Crippen LogP contribution < -0.4 is 9.47 Å². The number of benzene rings is 2. The number of methoxy groups -OCH3 is 1. The Kier molecular flexibility index (Phi) is 14.0. The Morgan fingerprint density at radius 1 is 0.750 bits per heavy atom. The van der Waals surface area contributed by atoms with Gasteiger partial charge in [0.2, 0.25) is 0 Å². The first-order valence-corrected chi connectivity index (χ1v) is 15.8. The molecule has 0 N–H and O–H groups in total. The van der Waals surface area contributed by atoms with Crippen LogP contribution in [0.3, 0.4) is 0 Å². The van der Waals surface area contributed by atoms with Crippen LogP contribution in [0.25, 0.3) is 0 Å². The summed E-state index contributed by atoms with van der Waals surface area (Å²) in [5, 5.41) is 4.11. The molecule has 0 bridgehead atoms. The van der Waals surface area contributed by atoms with Gasteiger partial charge in [0.05, 0.1) is 25.3 Å². The van der Waals surface area contributed by atoms with E-state index in [1.165, 1.54) is 13.8 Å². The maximum atomic E-state index is 12.7. The molecule has 2 aromatic carbocycles. The number of ether oxygens (including phenoxy) is 7. The molecule has 2 heterocycles. The normalized spacial score (nSPS) is 23.5. The Labute approximate surface area is 280 Å². The summed E-state index contributed by atoms with van der Waals surface area (Å²) in [6.45, 7) is 4.56. The van der Waals surface area contributed by atoms with Gasteiger partial charge in [-0.1, -0.05) is 47.6 Å². The largest absolute Gasteiger partial charge is 0.497 e. The third kappa shape index (κ3) is 11.8. The monoisotopic (exact) mass is 665 g/mol. The quantitative estimate of drug-likeness (QED) is 0.0594. The van der Waals surface area contributed by atoms with Gasteiger partial charge in [-0.2, -0.15) is 0 Å². The summed E-state index contributed by atoms with van der Waals surface area (Å²) in [5.41, 5.74) is 1.61. The first-order valence-electron chi connectivity index (χ1n) is 15.8. The fraction of sp³-hybridized carbons (Fsp3) is 0.444. The molecule has 2 aromatic rings. The zero-order valence-electron chi connectivity index (χ0n) is 27.7.